The Hall–Kier alpha value is -1.64. The third-order valence-corrected chi connectivity index (χ3v) is 5.82. The average molecular weight is 383 g/mol. The predicted molar refractivity (Wildman–Crippen MR) is 105 cm³/mol. The fourth-order valence-electron chi connectivity index (χ4n) is 2.72. The molecular formula is C18H30N4O3S. The number of sulfonamides is 1. The first-order chi connectivity index (χ1) is 12.4. The molecule has 0 amide bonds. The van der Waals surface area contributed by atoms with E-state index in [0.29, 0.717) is 32.8 Å². The van der Waals surface area contributed by atoms with E-state index in [1.807, 2.05) is 31.2 Å². The van der Waals surface area contributed by atoms with E-state index < -0.39 is 10.0 Å². The van der Waals surface area contributed by atoms with E-state index in [-0.39, 0.29) is 11.8 Å². The molecule has 1 aliphatic rings. The van der Waals surface area contributed by atoms with Gasteiger partial charge < -0.3 is 15.4 Å². The standard InChI is InChI=1S/C18H30N4O3S/c1-4-19-18(21-15(2)3)20-13-16-7-5-6-8-17(16)14-26(23,24)22-9-11-25-12-10-22/h5-8,15H,4,9-14H2,1-3H3,(H2,19,20,21). The van der Waals surface area contributed by atoms with Crippen LogP contribution in [0.2, 0.25) is 0 Å². The van der Waals surface area contributed by atoms with Crippen molar-refractivity contribution < 1.29 is 13.2 Å². The quantitative estimate of drug-likeness (QED) is 0.549. The third kappa shape index (κ3) is 6.26. The van der Waals surface area contributed by atoms with E-state index in [9.17, 15) is 8.42 Å². The summed E-state index contributed by atoms with van der Waals surface area (Å²) in [6.45, 7) is 9.07. The van der Waals surface area contributed by atoms with Crippen LogP contribution in [-0.2, 0) is 27.1 Å². The van der Waals surface area contributed by atoms with Gasteiger partial charge in [0.1, 0.15) is 0 Å². The summed E-state index contributed by atoms with van der Waals surface area (Å²) in [5.41, 5.74) is 1.72. The van der Waals surface area contributed by atoms with Crippen molar-refractivity contribution in [3.05, 3.63) is 35.4 Å². The minimum atomic E-state index is -3.35. The van der Waals surface area contributed by atoms with Gasteiger partial charge in [0.05, 0.1) is 25.5 Å². The molecule has 7 nitrogen and oxygen atoms in total. The van der Waals surface area contributed by atoms with Crippen LogP contribution in [0.1, 0.15) is 31.9 Å². The van der Waals surface area contributed by atoms with Gasteiger partial charge in [-0.15, -0.1) is 0 Å². The lowest BCUT2D eigenvalue weighted by molar-refractivity contribution is 0.0729. The lowest BCUT2D eigenvalue weighted by atomic mass is 10.1. The topological polar surface area (TPSA) is 83.0 Å². The van der Waals surface area contributed by atoms with E-state index in [0.717, 1.165) is 23.6 Å². The molecule has 0 radical (unpaired) electrons. The van der Waals surface area contributed by atoms with Gasteiger partial charge in [-0.25, -0.2) is 13.4 Å². The van der Waals surface area contributed by atoms with E-state index in [4.69, 9.17) is 4.74 Å². The lowest BCUT2D eigenvalue weighted by Crippen LogP contribution is -2.41. The largest absolute Gasteiger partial charge is 0.379 e. The van der Waals surface area contributed by atoms with Crippen LogP contribution in [0.5, 0.6) is 0 Å². The summed E-state index contributed by atoms with van der Waals surface area (Å²) >= 11 is 0. The Bertz CT molecular complexity index is 698. The molecule has 2 rings (SSSR count). The lowest BCUT2D eigenvalue weighted by Gasteiger charge is -2.26. The zero-order valence-corrected chi connectivity index (χ0v) is 16.7. The van der Waals surface area contributed by atoms with Gasteiger partial charge in [-0.1, -0.05) is 24.3 Å². The van der Waals surface area contributed by atoms with Crippen LogP contribution in [0, 0.1) is 0 Å². The molecule has 0 atom stereocenters. The Morgan fingerprint density at radius 1 is 1.23 bits per heavy atom. The van der Waals surface area contributed by atoms with Crippen molar-refractivity contribution in [2.24, 2.45) is 4.99 Å². The molecule has 0 saturated carbocycles. The fraction of sp³-hybridized carbons (Fsp3) is 0.611. The van der Waals surface area contributed by atoms with Gasteiger partial charge in [0, 0.05) is 25.7 Å². The van der Waals surface area contributed by atoms with Crippen LogP contribution in [0.3, 0.4) is 0 Å². The highest BCUT2D eigenvalue weighted by Crippen LogP contribution is 2.17. The first-order valence-corrected chi connectivity index (χ1v) is 10.7. The molecule has 1 fully saturated rings. The van der Waals surface area contributed by atoms with Gasteiger partial charge in [-0.05, 0) is 31.9 Å². The van der Waals surface area contributed by atoms with Crippen LogP contribution in [0.15, 0.2) is 29.3 Å². The van der Waals surface area contributed by atoms with Crippen LogP contribution in [0.4, 0.5) is 0 Å². The van der Waals surface area contributed by atoms with Crippen molar-refractivity contribution >= 4 is 16.0 Å². The second kappa shape index (κ2) is 9.89. The molecular weight excluding hydrogens is 352 g/mol. The summed E-state index contributed by atoms with van der Waals surface area (Å²) in [6, 6.07) is 7.86. The molecule has 0 aliphatic carbocycles. The number of hydrogen-bond acceptors (Lipinski definition) is 4. The van der Waals surface area contributed by atoms with Crippen LogP contribution >= 0.6 is 0 Å². The molecule has 1 heterocycles. The number of nitrogens with one attached hydrogen (secondary N) is 2. The van der Waals surface area contributed by atoms with E-state index in [1.54, 1.807) is 0 Å². The van der Waals surface area contributed by atoms with Crippen LogP contribution < -0.4 is 10.6 Å². The van der Waals surface area contributed by atoms with Crippen molar-refractivity contribution in [1.29, 1.82) is 0 Å². The number of morpholine rings is 1. The summed E-state index contributed by atoms with van der Waals surface area (Å²) in [5.74, 6) is 0.723. The Morgan fingerprint density at radius 2 is 1.88 bits per heavy atom. The van der Waals surface area contributed by atoms with Gasteiger partial charge >= 0.3 is 0 Å². The molecule has 26 heavy (non-hydrogen) atoms. The SMILES string of the molecule is CCNC(=NCc1ccccc1CS(=O)(=O)N1CCOCC1)NC(C)C. The van der Waals surface area contributed by atoms with Crippen molar-refractivity contribution in [1.82, 2.24) is 14.9 Å². The normalized spacial score (nSPS) is 16.7. The number of aliphatic imine (C=N–C) groups is 1. The number of rotatable bonds is 7. The summed E-state index contributed by atoms with van der Waals surface area (Å²) in [6.07, 6.45) is 0. The van der Waals surface area contributed by atoms with Crippen molar-refractivity contribution in [3.8, 4) is 0 Å². The monoisotopic (exact) mass is 382 g/mol. The number of hydrogen-bond donors (Lipinski definition) is 2. The van der Waals surface area contributed by atoms with Gasteiger partial charge in [-0.2, -0.15) is 4.31 Å². The van der Waals surface area contributed by atoms with Crippen molar-refractivity contribution in [2.45, 2.75) is 39.1 Å². The highest BCUT2D eigenvalue weighted by molar-refractivity contribution is 7.88. The summed E-state index contributed by atoms with van der Waals surface area (Å²) in [7, 11) is -3.35. The van der Waals surface area contributed by atoms with Crippen molar-refractivity contribution in [3.63, 3.8) is 0 Å². The summed E-state index contributed by atoms with van der Waals surface area (Å²) in [4.78, 5) is 4.59. The first-order valence-electron chi connectivity index (χ1n) is 9.09. The second-order valence-electron chi connectivity index (χ2n) is 6.53. The molecule has 0 spiro atoms. The van der Waals surface area contributed by atoms with Crippen LogP contribution in [0.25, 0.3) is 0 Å². The highest BCUT2D eigenvalue weighted by Gasteiger charge is 2.25. The smallest absolute Gasteiger partial charge is 0.218 e. The molecule has 8 heteroatoms. The van der Waals surface area contributed by atoms with E-state index >= 15 is 0 Å². The van der Waals surface area contributed by atoms with Gasteiger partial charge in [-0.3, -0.25) is 0 Å². The Balaban J connectivity index is 2.13. The van der Waals surface area contributed by atoms with Gasteiger partial charge in [0.2, 0.25) is 10.0 Å². The van der Waals surface area contributed by atoms with E-state index in [1.165, 1.54) is 4.31 Å². The molecule has 0 aromatic heterocycles. The zero-order valence-electron chi connectivity index (χ0n) is 15.9. The Morgan fingerprint density at radius 3 is 2.50 bits per heavy atom. The number of ether oxygens (including phenoxy) is 1. The molecule has 1 aromatic carbocycles. The van der Waals surface area contributed by atoms with E-state index in [2.05, 4.69) is 29.5 Å². The third-order valence-electron chi connectivity index (χ3n) is 4.00. The molecule has 0 unspecified atom stereocenters. The molecule has 0 bridgehead atoms. The number of nitrogens with zero attached hydrogens (tertiary/aromatic N) is 2. The average Bonchev–Trinajstić information content (AvgIpc) is 2.61. The Labute approximate surface area is 156 Å². The number of benzene rings is 1. The zero-order chi connectivity index (χ0) is 19.0. The van der Waals surface area contributed by atoms with Crippen molar-refractivity contribution in [2.75, 3.05) is 32.8 Å². The molecule has 2 N–H and O–H groups in total. The van der Waals surface area contributed by atoms with Gasteiger partial charge in [0.15, 0.2) is 5.96 Å². The minimum Gasteiger partial charge on any atom is -0.379 e. The molecule has 1 aromatic rings. The highest BCUT2D eigenvalue weighted by atomic mass is 32.2. The van der Waals surface area contributed by atoms with Crippen LogP contribution in [-0.4, -0.2) is 57.6 Å². The molecule has 1 saturated heterocycles. The second-order valence-corrected chi connectivity index (χ2v) is 8.50. The molecule has 146 valence electrons. The Kier molecular flexibility index (Phi) is 7.86. The maximum atomic E-state index is 12.7. The van der Waals surface area contributed by atoms with Gasteiger partial charge in [0.25, 0.3) is 0 Å². The first kappa shape index (κ1) is 20.7. The molecule has 1 aliphatic heterocycles. The maximum absolute atomic E-state index is 12.7. The predicted octanol–water partition coefficient (Wildman–Crippen LogP) is 1.31. The number of guanidine groups is 1. The summed E-state index contributed by atoms with van der Waals surface area (Å²) < 4.78 is 32.2. The fourth-order valence-corrected chi connectivity index (χ4v) is 4.29. The minimum absolute atomic E-state index is 0.00710. The maximum Gasteiger partial charge on any atom is 0.218 e. The summed E-state index contributed by atoms with van der Waals surface area (Å²) in [5, 5.41) is 6.47.